The van der Waals surface area contributed by atoms with Gasteiger partial charge in [0.2, 0.25) is 5.91 Å². The SMILES string of the molecule is Cc1cc(C)c(OCC(=O)NNC(=O)C[C@@H]2CCS(=O)(=O)C2)c(C)c1. The van der Waals surface area contributed by atoms with Crippen LogP contribution in [0.15, 0.2) is 12.1 Å². The first-order valence-electron chi connectivity index (χ1n) is 8.15. The molecule has 138 valence electrons. The molecule has 0 aromatic heterocycles. The van der Waals surface area contributed by atoms with E-state index < -0.39 is 21.7 Å². The smallest absolute Gasteiger partial charge is 0.276 e. The molecule has 2 amide bonds. The summed E-state index contributed by atoms with van der Waals surface area (Å²) in [6, 6.07) is 3.94. The first kappa shape index (κ1) is 19.2. The van der Waals surface area contributed by atoms with Crippen molar-refractivity contribution >= 4 is 21.7 Å². The van der Waals surface area contributed by atoms with E-state index in [4.69, 9.17) is 4.74 Å². The Labute approximate surface area is 148 Å². The van der Waals surface area contributed by atoms with E-state index in [1.54, 1.807) is 0 Å². The number of aryl methyl sites for hydroxylation is 3. The number of benzene rings is 1. The average Bonchev–Trinajstić information content (AvgIpc) is 2.82. The predicted octanol–water partition coefficient (Wildman–Crippen LogP) is 0.963. The summed E-state index contributed by atoms with van der Waals surface area (Å²) >= 11 is 0. The summed E-state index contributed by atoms with van der Waals surface area (Å²) in [6.07, 6.45) is 0.565. The molecule has 0 bridgehead atoms. The molecule has 7 nitrogen and oxygen atoms in total. The molecule has 0 spiro atoms. The number of amides is 2. The van der Waals surface area contributed by atoms with Crippen LogP contribution >= 0.6 is 0 Å². The van der Waals surface area contributed by atoms with Crippen molar-refractivity contribution in [3.63, 3.8) is 0 Å². The molecule has 0 radical (unpaired) electrons. The second kappa shape index (κ2) is 7.86. The summed E-state index contributed by atoms with van der Waals surface area (Å²) in [6.45, 7) is 5.58. The molecular weight excluding hydrogens is 344 g/mol. The Morgan fingerprint density at radius 1 is 1.12 bits per heavy atom. The number of nitrogens with one attached hydrogen (secondary N) is 2. The molecule has 1 heterocycles. The lowest BCUT2D eigenvalue weighted by Crippen LogP contribution is -2.44. The van der Waals surface area contributed by atoms with Crippen molar-refractivity contribution in [1.29, 1.82) is 0 Å². The van der Waals surface area contributed by atoms with E-state index in [1.165, 1.54) is 0 Å². The second-order valence-corrected chi connectivity index (χ2v) is 8.81. The van der Waals surface area contributed by atoms with Crippen LogP contribution in [0.5, 0.6) is 5.75 Å². The molecule has 1 saturated heterocycles. The highest BCUT2D eigenvalue weighted by Crippen LogP contribution is 2.24. The second-order valence-electron chi connectivity index (χ2n) is 6.59. The fourth-order valence-corrected chi connectivity index (χ4v) is 4.92. The Morgan fingerprint density at radius 3 is 2.28 bits per heavy atom. The standard InChI is InChI=1S/C17H24N2O5S/c1-11-6-12(2)17(13(3)7-11)24-9-16(21)19-18-15(20)8-14-4-5-25(22,23)10-14/h6-7,14H,4-5,8-10H2,1-3H3,(H,18,20)(H,19,21)/t14-/m0/s1. The van der Waals surface area contributed by atoms with E-state index in [0.717, 1.165) is 16.7 Å². The number of ether oxygens (including phenoxy) is 1. The van der Waals surface area contributed by atoms with Gasteiger partial charge in [0.25, 0.3) is 5.91 Å². The number of hydrogen-bond acceptors (Lipinski definition) is 5. The molecule has 1 fully saturated rings. The summed E-state index contributed by atoms with van der Waals surface area (Å²) in [5.41, 5.74) is 7.58. The Balaban J connectivity index is 1.75. The van der Waals surface area contributed by atoms with E-state index in [1.807, 2.05) is 32.9 Å². The van der Waals surface area contributed by atoms with Gasteiger partial charge >= 0.3 is 0 Å². The summed E-state index contributed by atoms with van der Waals surface area (Å²) in [7, 11) is -3.01. The van der Waals surface area contributed by atoms with E-state index in [2.05, 4.69) is 10.9 Å². The predicted molar refractivity (Wildman–Crippen MR) is 93.8 cm³/mol. The van der Waals surface area contributed by atoms with Crippen LogP contribution in [0, 0.1) is 26.7 Å². The van der Waals surface area contributed by atoms with Crippen molar-refractivity contribution in [2.45, 2.75) is 33.6 Å². The van der Waals surface area contributed by atoms with Crippen molar-refractivity contribution in [2.24, 2.45) is 5.92 Å². The number of rotatable bonds is 5. The maximum Gasteiger partial charge on any atom is 0.276 e. The number of sulfone groups is 1. The van der Waals surface area contributed by atoms with Gasteiger partial charge in [0.05, 0.1) is 11.5 Å². The van der Waals surface area contributed by atoms with Gasteiger partial charge < -0.3 is 4.74 Å². The summed E-state index contributed by atoms with van der Waals surface area (Å²) < 4.78 is 28.3. The minimum absolute atomic E-state index is 0.0312. The first-order chi connectivity index (χ1) is 11.7. The van der Waals surface area contributed by atoms with Gasteiger partial charge in [-0.2, -0.15) is 0 Å². The molecule has 0 aliphatic carbocycles. The van der Waals surface area contributed by atoms with E-state index >= 15 is 0 Å². The van der Waals surface area contributed by atoms with Crippen molar-refractivity contribution < 1.29 is 22.7 Å². The highest BCUT2D eigenvalue weighted by molar-refractivity contribution is 7.91. The van der Waals surface area contributed by atoms with Gasteiger partial charge in [0.1, 0.15) is 5.75 Å². The number of carbonyl (C=O) groups is 2. The minimum Gasteiger partial charge on any atom is -0.483 e. The molecule has 25 heavy (non-hydrogen) atoms. The lowest BCUT2D eigenvalue weighted by molar-refractivity contribution is -0.130. The highest BCUT2D eigenvalue weighted by Gasteiger charge is 2.29. The van der Waals surface area contributed by atoms with E-state index in [9.17, 15) is 18.0 Å². The van der Waals surface area contributed by atoms with Crippen molar-refractivity contribution in [2.75, 3.05) is 18.1 Å². The molecule has 1 aromatic rings. The topological polar surface area (TPSA) is 102 Å². The third-order valence-electron chi connectivity index (χ3n) is 4.09. The zero-order valence-electron chi connectivity index (χ0n) is 14.7. The van der Waals surface area contributed by atoms with Crippen LogP contribution in [0.3, 0.4) is 0 Å². The van der Waals surface area contributed by atoms with Crippen molar-refractivity contribution in [1.82, 2.24) is 10.9 Å². The molecule has 1 aliphatic heterocycles. The first-order valence-corrected chi connectivity index (χ1v) is 9.97. The van der Waals surface area contributed by atoms with Crippen LogP contribution in [0.1, 0.15) is 29.5 Å². The fourth-order valence-electron chi connectivity index (χ4n) is 3.05. The number of carbonyl (C=O) groups excluding carboxylic acids is 2. The fraction of sp³-hybridized carbons (Fsp3) is 0.529. The van der Waals surface area contributed by atoms with Crippen LogP contribution in [-0.2, 0) is 19.4 Å². The highest BCUT2D eigenvalue weighted by atomic mass is 32.2. The van der Waals surface area contributed by atoms with Crippen LogP contribution in [-0.4, -0.2) is 38.3 Å². The van der Waals surface area contributed by atoms with Gasteiger partial charge in [-0.3, -0.25) is 20.4 Å². The molecule has 1 atom stereocenters. The Hall–Kier alpha value is -2.09. The van der Waals surface area contributed by atoms with Crippen LogP contribution in [0.25, 0.3) is 0 Å². The van der Waals surface area contributed by atoms with Crippen molar-refractivity contribution in [3.05, 3.63) is 28.8 Å². The summed E-state index contributed by atoms with van der Waals surface area (Å²) in [5, 5.41) is 0. The Kier molecular flexibility index (Phi) is 6.05. The lowest BCUT2D eigenvalue weighted by Gasteiger charge is -2.14. The third kappa shape index (κ3) is 5.74. The molecule has 2 rings (SSSR count). The largest absolute Gasteiger partial charge is 0.483 e. The zero-order valence-corrected chi connectivity index (χ0v) is 15.5. The lowest BCUT2D eigenvalue weighted by atomic mass is 10.1. The zero-order chi connectivity index (χ0) is 18.6. The quantitative estimate of drug-likeness (QED) is 0.754. The molecule has 1 aromatic carbocycles. The monoisotopic (exact) mass is 368 g/mol. The maximum absolute atomic E-state index is 11.8. The molecule has 0 saturated carbocycles. The number of hydrazine groups is 1. The third-order valence-corrected chi connectivity index (χ3v) is 5.93. The number of hydrogen-bond donors (Lipinski definition) is 2. The van der Waals surface area contributed by atoms with Crippen LogP contribution < -0.4 is 15.6 Å². The van der Waals surface area contributed by atoms with Gasteiger partial charge in [0, 0.05) is 6.42 Å². The summed E-state index contributed by atoms with van der Waals surface area (Å²) in [5.74, 6) is -0.256. The summed E-state index contributed by atoms with van der Waals surface area (Å²) in [4.78, 5) is 23.6. The van der Waals surface area contributed by atoms with Crippen LogP contribution in [0.2, 0.25) is 0 Å². The minimum atomic E-state index is -3.01. The van der Waals surface area contributed by atoms with Gasteiger partial charge in [0.15, 0.2) is 16.4 Å². The van der Waals surface area contributed by atoms with Gasteiger partial charge in [-0.1, -0.05) is 17.7 Å². The van der Waals surface area contributed by atoms with E-state index in [-0.39, 0.29) is 30.5 Å². The Bertz CT molecular complexity index is 750. The average molecular weight is 368 g/mol. The van der Waals surface area contributed by atoms with Gasteiger partial charge in [-0.25, -0.2) is 8.42 Å². The normalized spacial score (nSPS) is 18.6. The van der Waals surface area contributed by atoms with Gasteiger partial charge in [-0.15, -0.1) is 0 Å². The van der Waals surface area contributed by atoms with E-state index in [0.29, 0.717) is 12.2 Å². The maximum atomic E-state index is 11.8. The molecule has 8 heteroatoms. The molecule has 1 aliphatic rings. The van der Waals surface area contributed by atoms with Crippen molar-refractivity contribution in [3.8, 4) is 5.75 Å². The van der Waals surface area contributed by atoms with Gasteiger partial charge in [-0.05, 0) is 44.2 Å². The molecular formula is C17H24N2O5S. The van der Waals surface area contributed by atoms with Crippen LogP contribution in [0.4, 0.5) is 0 Å². The Morgan fingerprint density at radius 2 is 1.72 bits per heavy atom. The molecule has 2 N–H and O–H groups in total. The molecule has 0 unspecified atom stereocenters.